The van der Waals surface area contributed by atoms with E-state index in [0.29, 0.717) is 5.56 Å². The van der Waals surface area contributed by atoms with Gasteiger partial charge < -0.3 is 10.1 Å². The third-order valence-corrected chi connectivity index (χ3v) is 5.23. The maximum atomic E-state index is 12.9. The van der Waals surface area contributed by atoms with Crippen molar-refractivity contribution in [1.82, 2.24) is 5.32 Å². The molecule has 0 aromatic heterocycles. The second-order valence-corrected chi connectivity index (χ2v) is 6.94. The van der Waals surface area contributed by atoms with Crippen molar-refractivity contribution in [3.63, 3.8) is 0 Å². The Hall–Kier alpha value is -2.91. The van der Waals surface area contributed by atoms with E-state index < -0.39 is 5.60 Å². The van der Waals surface area contributed by atoms with Crippen molar-refractivity contribution in [1.29, 1.82) is 0 Å². The van der Waals surface area contributed by atoms with Crippen molar-refractivity contribution in [3.8, 4) is 11.1 Å². The fraction of sp³-hybridized carbons (Fsp3) is 0.208. The highest BCUT2D eigenvalue weighted by Crippen LogP contribution is 2.35. The number of hydrogen-bond acceptors (Lipinski definition) is 3. The smallest absolute Gasteiger partial charge is 0.339 e. The molecule has 4 rings (SSSR count). The number of ether oxygens (including phenoxy) is 1. The van der Waals surface area contributed by atoms with Crippen LogP contribution in [0.15, 0.2) is 84.9 Å². The molecule has 3 heteroatoms. The van der Waals surface area contributed by atoms with Crippen LogP contribution in [0.2, 0.25) is 0 Å². The molecule has 0 aliphatic carbocycles. The van der Waals surface area contributed by atoms with Gasteiger partial charge in [0.2, 0.25) is 0 Å². The number of hydrogen-bond donors (Lipinski definition) is 1. The molecule has 136 valence electrons. The van der Waals surface area contributed by atoms with Crippen molar-refractivity contribution in [2.24, 2.45) is 0 Å². The monoisotopic (exact) mass is 357 g/mol. The van der Waals surface area contributed by atoms with E-state index in [9.17, 15) is 4.79 Å². The molecule has 3 aromatic rings. The number of rotatable bonds is 4. The lowest BCUT2D eigenvalue weighted by atomic mass is 9.84. The highest BCUT2D eigenvalue weighted by Gasteiger charge is 2.38. The predicted octanol–water partition coefficient (Wildman–Crippen LogP) is 4.79. The van der Waals surface area contributed by atoms with E-state index in [0.717, 1.165) is 42.6 Å². The first-order valence-corrected chi connectivity index (χ1v) is 9.42. The summed E-state index contributed by atoms with van der Waals surface area (Å²) in [4.78, 5) is 12.9. The largest absolute Gasteiger partial charge is 0.450 e. The second kappa shape index (κ2) is 7.77. The summed E-state index contributed by atoms with van der Waals surface area (Å²) in [5, 5.41) is 3.36. The molecule has 1 aliphatic rings. The summed E-state index contributed by atoms with van der Waals surface area (Å²) in [5.41, 5.74) is 3.33. The van der Waals surface area contributed by atoms with Crippen LogP contribution in [0.3, 0.4) is 0 Å². The molecule has 0 bridgehead atoms. The third kappa shape index (κ3) is 3.79. The molecule has 1 fully saturated rings. The lowest BCUT2D eigenvalue weighted by Crippen LogP contribution is -2.43. The molecule has 1 aliphatic heterocycles. The Kier molecular flexibility index (Phi) is 5.03. The Balaban J connectivity index is 1.56. The molecule has 0 unspecified atom stereocenters. The molecular weight excluding hydrogens is 334 g/mol. The molecular formula is C24H23NO2. The van der Waals surface area contributed by atoms with Gasteiger partial charge in [-0.2, -0.15) is 0 Å². The molecule has 1 heterocycles. The molecule has 0 amide bonds. The van der Waals surface area contributed by atoms with Crippen LogP contribution in [0.25, 0.3) is 11.1 Å². The number of piperidine rings is 1. The molecule has 0 atom stereocenters. The Morgan fingerprint density at radius 3 is 1.93 bits per heavy atom. The summed E-state index contributed by atoms with van der Waals surface area (Å²) in [6.45, 7) is 1.68. The lowest BCUT2D eigenvalue weighted by Gasteiger charge is -2.37. The third-order valence-electron chi connectivity index (χ3n) is 5.23. The summed E-state index contributed by atoms with van der Waals surface area (Å²) in [6.07, 6.45) is 1.57. The van der Waals surface area contributed by atoms with Crippen molar-refractivity contribution in [2.75, 3.05) is 13.1 Å². The first-order chi connectivity index (χ1) is 13.3. The first kappa shape index (κ1) is 17.5. The van der Waals surface area contributed by atoms with Crippen LogP contribution in [0, 0.1) is 0 Å². The summed E-state index contributed by atoms with van der Waals surface area (Å²) in [5.74, 6) is -0.264. The van der Waals surface area contributed by atoms with Crippen LogP contribution in [-0.4, -0.2) is 19.1 Å². The standard InChI is InChI=1S/C24H23NO2/c26-23(21-13-11-20(12-14-21)19-7-3-1-4-8-19)27-24(15-17-25-18-16-24)22-9-5-2-6-10-22/h1-14,25H,15-18H2. The highest BCUT2D eigenvalue weighted by molar-refractivity contribution is 5.90. The average Bonchev–Trinajstić information content (AvgIpc) is 2.76. The number of esters is 1. The van der Waals surface area contributed by atoms with Crippen LogP contribution in [0.1, 0.15) is 28.8 Å². The van der Waals surface area contributed by atoms with E-state index in [4.69, 9.17) is 4.74 Å². The van der Waals surface area contributed by atoms with Crippen LogP contribution >= 0.6 is 0 Å². The molecule has 1 saturated heterocycles. The summed E-state index contributed by atoms with van der Waals surface area (Å²) in [7, 11) is 0. The lowest BCUT2D eigenvalue weighted by molar-refractivity contribution is -0.0378. The molecule has 0 radical (unpaired) electrons. The average molecular weight is 357 g/mol. The van der Waals surface area contributed by atoms with Gasteiger partial charge in [0.25, 0.3) is 0 Å². The quantitative estimate of drug-likeness (QED) is 0.682. The van der Waals surface area contributed by atoms with Gasteiger partial charge in [0.1, 0.15) is 5.60 Å². The van der Waals surface area contributed by atoms with E-state index in [1.165, 1.54) is 0 Å². The topological polar surface area (TPSA) is 38.3 Å². The zero-order chi connectivity index (χ0) is 18.5. The Bertz CT molecular complexity index is 883. The zero-order valence-corrected chi connectivity index (χ0v) is 15.2. The second-order valence-electron chi connectivity index (χ2n) is 6.94. The van der Waals surface area contributed by atoms with Gasteiger partial charge in [0.15, 0.2) is 0 Å². The SMILES string of the molecule is O=C(OC1(c2ccccc2)CCNCC1)c1ccc(-c2ccccc2)cc1. The maximum absolute atomic E-state index is 12.9. The van der Waals surface area contributed by atoms with E-state index in [1.807, 2.05) is 60.7 Å². The van der Waals surface area contributed by atoms with Gasteiger partial charge in [-0.25, -0.2) is 4.79 Å². The van der Waals surface area contributed by atoms with Gasteiger partial charge in [0, 0.05) is 12.8 Å². The Labute approximate surface area is 160 Å². The summed E-state index contributed by atoms with van der Waals surface area (Å²) < 4.78 is 6.12. The van der Waals surface area contributed by atoms with E-state index in [1.54, 1.807) is 0 Å². The zero-order valence-electron chi connectivity index (χ0n) is 15.2. The van der Waals surface area contributed by atoms with Crippen molar-refractivity contribution < 1.29 is 9.53 Å². The van der Waals surface area contributed by atoms with Crippen molar-refractivity contribution >= 4 is 5.97 Å². The number of benzene rings is 3. The molecule has 0 spiro atoms. The van der Waals surface area contributed by atoms with E-state index in [-0.39, 0.29) is 5.97 Å². The first-order valence-electron chi connectivity index (χ1n) is 9.42. The number of nitrogens with one attached hydrogen (secondary N) is 1. The van der Waals surface area contributed by atoms with Crippen LogP contribution < -0.4 is 5.32 Å². The molecule has 3 nitrogen and oxygen atoms in total. The minimum absolute atomic E-state index is 0.264. The fourth-order valence-electron chi connectivity index (χ4n) is 3.69. The van der Waals surface area contributed by atoms with Crippen molar-refractivity contribution in [2.45, 2.75) is 18.4 Å². The van der Waals surface area contributed by atoms with E-state index in [2.05, 4.69) is 29.6 Å². The summed E-state index contributed by atoms with van der Waals surface area (Å²) in [6, 6.07) is 27.9. The number of carbonyl (C=O) groups excluding carboxylic acids is 1. The predicted molar refractivity (Wildman–Crippen MR) is 108 cm³/mol. The maximum Gasteiger partial charge on any atom is 0.339 e. The highest BCUT2D eigenvalue weighted by atomic mass is 16.6. The minimum atomic E-state index is -0.554. The van der Waals surface area contributed by atoms with Gasteiger partial charge in [-0.15, -0.1) is 0 Å². The van der Waals surface area contributed by atoms with Crippen LogP contribution in [0.5, 0.6) is 0 Å². The van der Waals surface area contributed by atoms with Gasteiger partial charge in [-0.1, -0.05) is 72.8 Å². The molecule has 1 N–H and O–H groups in total. The van der Waals surface area contributed by atoms with Crippen molar-refractivity contribution in [3.05, 3.63) is 96.1 Å². The number of carbonyl (C=O) groups is 1. The molecule has 3 aromatic carbocycles. The van der Waals surface area contributed by atoms with E-state index >= 15 is 0 Å². The van der Waals surface area contributed by atoms with Crippen LogP contribution in [-0.2, 0) is 10.3 Å². The normalized spacial score (nSPS) is 15.9. The molecule has 0 saturated carbocycles. The van der Waals surface area contributed by atoms with Crippen LogP contribution in [0.4, 0.5) is 0 Å². The van der Waals surface area contributed by atoms with Gasteiger partial charge in [-0.05, 0) is 41.9 Å². The van der Waals surface area contributed by atoms with Gasteiger partial charge >= 0.3 is 5.97 Å². The minimum Gasteiger partial charge on any atom is -0.450 e. The molecule has 27 heavy (non-hydrogen) atoms. The fourth-order valence-corrected chi connectivity index (χ4v) is 3.69. The summed E-state index contributed by atoms with van der Waals surface area (Å²) >= 11 is 0. The Morgan fingerprint density at radius 2 is 1.30 bits per heavy atom. The Morgan fingerprint density at radius 1 is 0.741 bits per heavy atom. The van der Waals surface area contributed by atoms with Gasteiger partial charge in [0.05, 0.1) is 5.56 Å². The van der Waals surface area contributed by atoms with Gasteiger partial charge in [-0.3, -0.25) is 0 Å².